The van der Waals surface area contributed by atoms with Crippen molar-refractivity contribution in [1.29, 1.82) is 0 Å². The zero-order chi connectivity index (χ0) is 15.9. The number of nitrogens with one attached hydrogen (secondary N) is 1. The summed E-state index contributed by atoms with van der Waals surface area (Å²) < 4.78 is 6.84. The van der Waals surface area contributed by atoms with Crippen LogP contribution in [0.5, 0.6) is 0 Å². The molecule has 6 nitrogen and oxygen atoms in total. The summed E-state index contributed by atoms with van der Waals surface area (Å²) in [6.45, 7) is 4.08. The maximum Gasteiger partial charge on any atom is 0.338 e. The van der Waals surface area contributed by atoms with Crippen LogP contribution in [0.4, 0.5) is 0 Å². The van der Waals surface area contributed by atoms with Gasteiger partial charge >= 0.3 is 5.97 Å². The standard InChI is InChI=1S/C16H19N3O3/c1-3-9-17-15(20)12(2)22-16(21)13-5-7-14(8-6-13)19-11-4-10-18-19/h4-8,10-12H,3,9H2,1-2H3,(H,17,20)/t12-/m1/s1. The summed E-state index contributed by atoms with van der Waals surface area (Å²) in [4.78, 5) is 23.7. The molecule has 22 heavy (non-hydrogen) atoms. The van der Waals surface area contributed by atoms with E-state index in [9.17, 15) is 9.59 Å². The average Bonchev–Trinajstić information content (AvgIpc) is 3.07. The molecule has 116 valence electrons. The van der Waals surface area contributed by atoms with E-state index in [-0.39, 0.29) is 5.91 Å². The maximum atomic E-state index is 12.0. The monoisotopic (exact) mass is 301 g/mol. The van der Waals surface area contributed by atoms with E-state index in [2.05, 4.69) is 10.4 Å². The molecule has 2 aromatic rings. The normalized spacial score (nSPS) is 11.7. The van der Waals surface area contributed by atoms with E-state index in [1.54, 1.807) is 42.1 Å². The summed E-state index contributed by atoms with van der Waals surface area (Å²) in [6.07, 6.45) is 3.51. The third kappa shape index (κ3) is 3.94. The van der Waals surface area contributed by atoms with Gasteiger partial charge in [-0.1, -0.05) is 6.92 Å². The van der Waals surface area contributed by atoms with Crippen LogP contribution in [0.1, 0.15) is 30.6 Å². The van der Waals surface area contributed by atoms with Gasteiger partial charge in [-0.05, 0) is 43.7 Å². The minimum absolute atomic E-state index is 0.289. The van der Waals surface area contributed by atoms with Gasteiger partial charge in [-0.3, -0.25) is 4.79 Å². The van der Waals surface area contributed by atoms with Gasteiger partial charge in [0.15, 0.2) is 6.10 Å². The summed E-state index contributed by atoms with van der Waals surface area (Å²) in [5.74, 6) is -0.811. The molecule has 1 aromatic heterocycles. The van der Waals surface area contributed by atoms with Gasteiger partial charge < -0.3 is 10.1 Å². The average molecular weight is 301 g/mol. The molecule has 0 saturated carbocycles. The molecule has 1 atom stereocenters. The smallest absolute Gasteiger partial charge is 0.338 e. The van der Waals surface area contributed by atoms with Crippen LogP contribution in [-0.4, -0.2) is 34.3 Å². The number of benzene rings is 1. The topological polar surface area (TPSA) is 73.2 Å². The number of amides is 1. The summed E-state index contributed by atoms with van der Waals surface area (Å²) in [5, 5.41) is 6.80. The van der Waals surface area contributed by atoms with Crippen molar-refractivity contribution in [3.05, 3.63) is 48.3 Å². The lowest BCUT2D eigenvalue weighted by atomic mass is 10.2. The van der Waals surface area contributed by atoms with E-state index in [1.807, 2.05) is 19.2 Å². The van der Waals surface area contributed by atoms with Crippen molar-refractivity contribution >= 4 is 11.9 Å². The van der Waals surface area contributed by atoms with Crippen LogP contribution in [0.25, 0.3) is 5.69 Å². The highest BCUT2D eigenvalue weighted by atomic mass is 16.5. The van der Waals surface area contributed by atoms with Crippen molar-refractivity contribution in [2.75, 3.05) is 6.54 Å². The molecule has 0 spiro atoms. The van der Waals surface area contributed by atoms with E-state index in [1.165, 1.54) is 0 Å². The van der Waals surface area contributed by atoms with Crippen LogP contribution >= 0.6 is 0 Å². The number of carbonyl (C=O) groups excluding carboxylic acids is 2. The molecule has 1 amide bonds. The first-order valence-corrected chi connectivity index (χ1v) is 7.20. The van der Waals surface area contributed by atoms with Crippen LogP contribution in [-0.2, 0) is 9.53 Å². The zero-order valence-electron chi connectivity index (χ0n) is 12.7. The second-order valence-corrected chi connectivity index (χ2v) is 4.84. The fourth-order valence-electron chi connectivity index (χ4n) is 1.85. The van der Waals surface area contributed by atoms with Crippen molar-refractivity contribution in [2.24, 2.45) is 0 Å². The zero-order valence-corrected chi connectivity index (χ0v) is 12.7. The Kier molecular flexibility index (Phi) is 5.30. The van der Waals surface area contributed by atoms with E-state index < -0.39 is 12.1 Å². The number of rotatable bonds is 6. The molecule has 2 rings (SSSR count). The Bertz CT molecular complexity index is 621. The van der Waals surface area contributed by atoms with Gasteiger partial charge in [-0.2, -0.15) is 5.10 Å². The van der Waals surface area contributed by atoms with Crippen molar-refractivity contribution < 1.29 is 14.3 Å². The Morgan fingerprint density at radius 3 is 2.64 bits per heavy atom. The first kappa shape index (κ1) is 15.8. The fraction of sp³-hybridized carbons (Fsp3) is 0.312. The van der Waals surface area contributed by atoms with Gasteiger partial charge in [0, 0.05) is 18.9 Å². The van der Waals surface area contributed by atoms with Gasteiger partial charge in [-0.15, -0.1) is 0 Å². The lowest BCUT2D eigenvalue weighted by Crippen LogP contribution is -2.36. The molecule has 0 saturated heterocycles. The van der Waals surface area contributed by atoms with Crippen molar-refractivity contribution in [2.45, 2.75) is 26.4 Å². The summed E-state index contributed by atoms with van der Waals surface area (Å²) in [5.41, 5.74) is 1.24. The first-order valence-electron chi connectivity index (χ1n) is 7.20. The second kappa shape index (κ2) is 7.40. The SMILES string of the molecule is CCCNC(=O)[C@@H](C)OC(=O)c1ccc(-n2cccn2)cc1. The summed E-state index contributed by atoms with van der Waals surface area (Å²) in [7, 11) is 0. The van der Waals surface area contributed by atoms with Crippen LogP contribution in [0.2, 0.25) is 0 Å². The highest BCUT2D eigenvalue weighted by Crippen LogP contribution is 2.10. The molecule has 0 bridgehead atoms. The number of carbonyl (C=O) groups is 2. The van der Waals surface area contributed by atoms with E-state index in [4.69, 9.17) is 4.74 Å². The van der Waals surface area contributed by atoms with Gasteiger partial charge in [0.1, 0.15) is 0 Å². The molecule has 0 aliphatic carbocycles. The number of esters is 1. The van der Waals surface area contributed by atoms with Gasteiger partial charge in [0.25, 0.3) is 5.91 Å². The van der Waals surface area contributed by atoms with Crippen LogP contribution in [0.3, 0.4) is 0 Å². The predicted molar refractivity (Wildman–Crippen MR) is 81.7 cm³/mol. The molecule has 1 heterocycles. The number of nitrogens with zero attached hydrogens (tertiary/aromatic N) is 2. The van der Waals surface area contributed by atoms with E-state index in [0.717, 1.165) is 12.1 Å². The van der Waals surface area contributed by atoms with E-state index >= 15 is 0 Å². The third-order valence-electron chi connectivity index (χ3n) is 3.07. The molecule has 1 N–H and O–H groups in total. The molecular formula is C16H19N3O3. The minimum Gasteiger partial charge on any atom is -0.449 e. The predicted octanol–water partition coefficient (Wildman–Crippen LogP) is 1.94. The number of hydrogen-bond acceptors (Lipinski definition) is 4. The largest absolute Gasteiger partial charge is 0.449 e. The highest BCUT2D eigenvalue weighted by Gasteiger charge is 2.18. The first-order chi connectivity index (χ1) is 10.6. The summed E-state index contributed by atoms with van der Waals surface area (Å²) in [6, 6.07) is 8.65. The molecule has 0 fully saturated rings. The third-order valence-corrected chi connectivity index (χ3v) is 3.07. The number of ether oxygens (including phenoxy) is 1. The van der Waals surface area contributed by atoms with Crippen LogP contribution in [0.15, 0.2) is 42.7 Å². The molecule has 0 aliphatic rings. The number of aromatic nitrogens is 2. The van der Waals surface area contributed by atoms with Gasteiger partial charge in [0.05, 0.1) is 11.3 Å². The lowest BCUT2D eigenvalue weighted by molar-refractivity contribution is -0.129. The molecule has 0 unspecified atom stereocenters. The lowest BCUT2D eigenvalue weighted by Gasteiger charge is -2.13. The number of hydrogen-bond donors (Lipinski definition) is 1. The summed E-state index contributed by atoms with van der Waals surface area (Å²) >= 11 is 0. The Morgan fingerprint density at radius 1 is 1.32 bits per heavy atom. The Labute approximate surface area is 129 Å². The van der Waals surface area contributed by atoms with Crippen molar-refractivity contribution in [3.8, 4) is 5.69 Å². The Morgan fingerprint density at radius 2 is 2.05 bits per heavy atom. The van der Waals surface area contributed by atoms with Crippen LogP contribution in [0, 0.1) is 0 Å². The van der Waals surface area contributed by atoms with Crippen molar-refractivity contribution in [3.63, 3.8) is 0 Å². The van der Waals surface area contributed by atoms with Crippen molar-refractivity contribution in [1.82, 2.24) is 15.1 Å². The molecule has 0 aliphatic heterocycles. The van der Waals surface area contributed by atoms with Gasteiger partial charge in [-0.25, -0.2) is 9.48 Å². The Hall–Kier alpha value is -2.63. The molecule has 0 radical (unpaired) electrons. The van der Waals surface area contributed by atoms with E-state index in [0.29, 0.717) is 12.1 Å². The quantitative estimate of drug-likeness (QED) is 0.828. The van der Waals surface area contributed by atoms with Crippen LogP contribution < -0.4 is 5.32 Å². The Balaban J connectivity index is 1.96. The second-order valence-electron chi connectivity index (χ2n) is 4.84. The highest BCUT2D eigenvalue weighted by molar-refractivity contribution is 5.92. The molecule has 6 heteroatoms. The molecule has 1 aromatic carbocycles. The molecular weight excluding hydrogens is 282 g/mol. The fourth-order valence-corrected chi connectivity index (χ4v) is 1.85. The maximum absolute atomic E-state index is 12.0. The minimum atomic E-state index is -0.815. The van der Waals surface area contributed by atoms with Gasteiger partial charge in [0.2, 0.25) is 0 Å².